The molecule has 0 N–H and O–H groups in total. The summed E-state index contributed by atoms with van der Waals surface area (Å²) in [6.07, 6.45) is 1.47. The minimum Gasteiger partial charge on any atom is -0.291 e. The van der Waals surface area contributed by atoms with Crippen LogP contribution in [0, 0.1) is 0 Å². The molecule has 0 saturated heterocycles. The maximum atomic E-state index is 11.8. The first-order valence-electron chi connectivity index (χ1n) is 4.93. The monoisotopic (exact) mass is 267 g/mol. The predicted molar refractivity (Wildman–Crippen MR) is 67.5 cm³/mol. The molecule has 0 amide bonds. The molecule has 0 bridgehead atoms. The Kier molecular flexibility index (Phi) is 3.81. The molecule has 0 aliphatic carbocycles. The summed E-state index contributed by atoms with van der Waals surface area (Å²) < 4.78 is 1.47. The Morgan fingerprint density at radius 1 is 1.47 bits per heavy atom. The molecule has 1 aromatic heterocycles. The van der Waals surface area contributed by atoms with E-state index in [2.05, 4.69) is 10.3 Å². The van der Waals surface area contributed by atoms with E-state index in [1.165, 1.54) is 22.6 Å². The molecule has 6 heteroatoms. The van der Waals surface area contributed by atoms with Crippen LogP contribution < -0.4 is 0 Å². The number of thioether (sulfide) groups is 1. The lowest BCUT2D eigenvalue weighted by Gasteiger charge is -2.03. The van der Waals surface area contributed by atoms with Crippen molar-refractivity contribution in [1.29, 1.82) is 0 Å². The van der Waals surface area contributed by atoms with E-state index in [9.17, 15) is 4.79 Å². The van der Waals surface area contributed by atoms with Gasteiger partial charge in [0.15, 0.2) is 5.78 Å². The van der Waals surface area contributed by atoms with Crippen LogP contribution in [0.3, 0.4) is 0 Å². The van der Waals surface area contributed by atoms with Gasteiger partial charge in [-0.25, -0.2) is 4.68 Å². The first-order valence-corrected chi connectivity index (χ1v) is 6.30. The van der Waals surface area contributed by atoms with Gasteiger partial charge in [-0.05, 0) is 12.1 Å². The highest BCUT2D eigenvalue weighted by atomic mass is 35.5. The van der Waals surface area contributed by atoms with Gasteiger partial charge in [0.2, 0.25) is 0 Å². The van der Waals surface area contributed by atoms with Crippen LogP contribution in [0.25, 0.3) is 0 Å². The van der Waals surface area contributed by atoms with Crippen molar-refractivity contribution in [2.24, 2.45) is 7.05 Å². The third-order valence-corrected chi connectivity index (χ3v) is 3.71. The number of ketones is 1. The molecule has 0 radical (unpaired) electrons. The molecule has 0 spiro atoms. The van der Waals surface area contributed by atoms with Crippen molar-refractivity contribution in [2.75, 3.05) is 5.75 Å². The molecular weight excluding hydrogens is 258 g/mol. The molecule has 0 atom stereocenters. The van der Waals surface area contributed by atoms with Gasteiger partial charge in [0.25, 0.3) is 0 Å². The number of hydrogen-bond donors (Lipinski definition) is 0. The molecule has 88 valence electrons. The van der Waals surface area contributed by atoms with Crippen LogP contribution in [-0.4, -0.2) is 26.5 Å². The smallest absolute Gasteiger partial charge is 0.192 e. The molecule has 1 heterocycles. The second kappa shape index (κ2) is 5.33. The Balaban J connectivity index is 2.02. The van der Waals surface area contributed by atoms with E-state index >= 15 is 0 Å². The predicted octanol–water partition coefficient (Wildman–Crippen LogP) is 2.44. The Labute approximate surface area is 108 Å². The second-order valence-corrected chi connectivity index (χ2v) is 4.81. The van der Waals surface area contributed by atoms with Gasteiger partial charge in [0.1, 0.15) is 5.69 Å². The van der Waals surface area contributed by atoms with Crippen molar-refractivity contribution in [3.8, 4) is 0 Å². The van der Waals surface area contributed by atoms with Crippen LogP contribution in [0.4, 0.5) is 0 Å². The van der Waals surface area contributed by atoms with Crippen LogP contribution in [0.5, 0.6) is 0 Å². The van der Waals surface area contributed by atoms with E-state index in [0.717, 1.165) is 4.90 Å². The van der Waals surface area contributed by atoms with Crippen LogP contribution in [0.15, 0.2) is 35.4 Å². The van der Waals surface area contributed by atoms with Crippen LogP contribution >= 0.6 is 23.4 Å². The maximum absolute atomic E-state index is 11.8. The molecule has 0 aliphatic heterocycles. The molecular formula is C11H10ClN3OS. The van der Waals surface area contributed by atoms with Crippen molar-refractivity contribution in [1.82, 2.24) is 15.0 Å². The SMILES string of the molecule is Cn1nncc1C(=O)CSc1ccccc1Cl. The quantitative estimate of drug-likeness (QED) is 0.631. The van der Waals surface area contributed by atoms with Crippen LogP contribution in [0.2, 0.25) is 5.02 Å². The highest BCUT2D eigenvalue weighted by Gasteiger charge is 2.12. The van der Waals surface area contributed by atoms with Crippen LogP contribution in [0.1, 0.15) is 10.5 Å². The zero-order chi connectivity index (χ0) is 12.3. The summed E-state index contributed by atoms with van der Waals surface area (Å²) in [4.78, 5) is 12.7. The summed E-state index contributed by atoms with van der Waals surface area (Å²) in [5, 5.41) is 8.05. The van der Waals surface area contributed by atoms with Crippen molar-refractivity contribution in [3.63, 3.8) is 0 Å². The lowest BCUT2D eigenvalue weighted by molar-refractivity contribution is 0.101. The zero-order valence-electron chi connectivity index (χ0n) is 9.13. The van der Waals surface area contributed by atoms with Gasteiger partial charge in [-0.15, -0.1) is 16.9 Å². The Hall–Kier alpha value is -1.33. The summed E-state index contributed by atoms with van der Waals surface area (Å²) in [6, 6.07) is 7.45. The minimum absolute atomic E-state index is 0.0116. The first kappa shape index (κ1) is 12.1. The maximum Gasteiger partial charge on any atom is 0.192 e. The number of hydrogen-bond acceptors (Lipinski definition) is 4. The van der Waals surface area contributed by atoms with Gasteiger partial charge in [0.05, 0.1) is 17.0 Å². The van der Waals surface area contributed by atoms with Gasteiger partial charge >= 0.3 is 0 Å². The molecule has 0 aliphatic rings. The fourth-order valence-corrected chi connectivity index (χ4v) is 2.44. The Morgan fingerprint density at radius 2 is 2.24 bits per heavy atom. The van der Waals surface area contributed by atoms with Gasteiger partial charge in [-0.2, -0.15) is 0 Å². The topological polar surface area (TPSA) is 47.8 Å². The molecule has 2 aromatic rings. The lowest BCUT2D eigenvalue weighted by atomic mass is 10.3. The van der Waals surface area contributed by atoms with Crippen molar-refractivity contribution < 1.29 is 4.79 Å². The average molecular weight is 268 g/mol. The van der Waals surface area contributed by atoms with E-state index in [1.54, 1.807) is 13.1 Å². The third kappa shape index (κ3) is 2.87. The molecule has 1 aromatic carbocycles. The summed E-state index contributed by atoms with van der Waals surface area (Å²) in [5.41, 5.74) is 0.504. The molecule has 2 rings (SSSR count). The fourth-order valence-electron chi connectivity index (χ4n) is 1.32. The molecule has 4 nitrogen and oxygen atoms in total. The largest absolute Gasteiger partial charge is 0.291 e. The molecule has 17 heavy (non-hydrogen) atoms. The van der Waals surface area contributed by atoms with Gasteiger partial charge in [-0.3, -0.25) is 4.79 Å². The zero-order valence-corrected chi connectivity index (χ0v) is 10.7. The highest BCUT2D eigenvalue weighted by Crippen LogP contribution is 2.26. The van der Waals surface area contributed by atoms with E-state index < -0.39 is 0 Å². The Bertz CT molecular complexity index is 541. The number of carbonyl (C=O) groups is 1. The highest BCUT2D eigenvalue weighted by molar-refractivity contribution is 8.00. The summed E-state index contributed by atoms with van der Waals surface area (Å²) >= 11 is 7.41. The van der Waals surface area contributed by atoms with Crippen molar-refractivity contribution in [3.05, 3.63) is 41.2 Å². The average Bonchev–Trinajstić information content (AvgIpc) is 2.74. The number of halogens is 1. The summed E-state index contributed by atoms with van der Waals surface area (Å²) in [6.45, 7) is 0. The minimum atomic E-state index is -0.0116. The fraction of sp³-hybridized carbons (Fsp3) is 0.182. The van der Waals surface area contributed by atoms with E-state index in [0.29, 0.717) is 16.5 Å². The number of Topliss-reactive ketones (excluding diaryl/α,β-unsaturated/α-hetero) is 1. The van der Waals surface area contributed by atoms with Gasteiger partial charge < -0.3 is 0 Å². The number of rotatable bonds is 4. The lowest BCUT2D eigenvalue weighted by Crippen LogP contribution is -2.09. The molecule has 0 saturated carbocycles. The number of benzene rings is 1. The van der Waals surface area contributed by atoms with Crippen molar-refractivity contribution in [2.45, 2.75) is 4.90 Å². The molecule has 0 unspecified atom stereocenters. The van der Waals surface area contributed by atoms with Crippen LogP contribution in [-0.2, 0) is 7.05 Å². The van der Waals surface area contributed by atoms with E-state index in [1.807, 2.05) is 18.2 Å². The van der Waals surface area contributed by atoms with E-state index in [-0.39, 0.29) is 5.78 Å². The number of aromatic nitrogens is 3. The van der Waals surface area contributed by atoms with Crippen molar-refractivity contribution >= 4 is 29.1 Å². The summed E-state index contributed by atoms with van der Waals surface area (Å²) in [7, 11) is 1.69. The number of carbonyl (C=O) groups excluding carboxylic acids is 1. The normalized spacial score (nSPS) is 10.5. The number of nitrogens with zero attached hydrogens (tertiary/aromatic N) is 3. The Morgan fingerprint density at radius 3 is 2.88 bits per heavy atom. The second-order valence-electron chi connectivity index (χ2n) is 3.39. The van der Waals surface area contributed by atoms with Gasteiger partial charge in [-0.1, -0.05) is 28.9 Å². The molecule has 0 fully saturated rings. The number of aryl methyl sites for hydroxylation is 1. The first-order chi connectivity index (χ1) is 8.18. The standard InChI is InChI=1S/C11H10ClN3OS/c1-15-9(6-13-14-15)10(16)7-17-11-5-3-2-4-8(11)12/h2-6H,7H2,1H3. The van der Waals surface area contributed by atoms with Gasteiger partial charge in [0, 0.05) is 11.9 Å². The van der Waals surface area contributed by atoms with E-state index in [4.69, 9.17) is 11.6 Å². The summed E-state index contributed by atoms with van der Waals surface area (Å²) in [5.74, 6) is 0.313. The third-order valence-electron chi connectivity index (χ3n) is 2.20.